The van der Waals surface area contributed by atoms with Gasteiger partial charge in [-0.05, 0) is 76.8 Å². The molecule has 0 N–H and O–H groups in total. The van der Waals surface area contributed by atoms with Crippen LogP contribution in [0, 0.1) is 0 Å². The average molecular weight is 395 g/mol. The van der Waals surface area contributed by atoms with Crippen molar-refractivity contribution in [2.45, 2.75) is 79.1 Å². The summed E-state index contributed by atoms with van der Waals surface area (Å²) in [6.45, 7) is 17.5. The van der Waals surface area contributed by atoms with Crippen molar-refractivity contribution in [1.29, 1.82) is 0 Å². The Labute approximate surface area is 178 Å². The van der Waals surface area contributed by atoms with Crippen molar-refractivity contribution in [3.05, 3.63) is 65.9 Å². The van der Waals surface area contributed by atoms with Crippen LogP contribution in [0.5, 0.6) is 0 Å². The van der Waals surface area contributed by atoms with Gasteiger partial charge in [-0.3, -0.25) is 0 Å². The zero-order valence-corrected chi connectivity index (χ0v) is 19.5. The van der Waals surface area contributed by atoms with E-state index in [-0.39, 0.29) is 18.3 Å². The van der Waals surface area contributed by atoms with Crippen LogP contribution >= 0.6 is 0 Å². The number of fused-ring (bicyclic) bond motifs is 3. The number of allylic oxidation sites excluding steroid dienone is 4. The summed E-state index contributed by atoms with van der Waals surface area (Å²) < 4.78 is 12.4. The lowest BCUT2D eigenvalue weighted by molar-refractivity contribution is 0.00578. The first-order valence-corrected chi connectivity index (χ1v) is 11.0. The Morgan fingerprint density at radius 3 is 2.21 bits per heavy atom. The zero-order valence-electron chi connectivity index (χ0n) is 19.5. The second-order valence-corrected chi connectivity index (χ2v) is 8.37. The predicted octanol–water partition coefficient (Wildman–Crippen LogP) is 5.58. The van der Waals surface area contributed by atoms with Crippen LogP contribution in [-0.2, 0) is 15.7 Å². The van der Waals surface area contributed by atoms with Gasteiger partial charge in [0.25, 0.3) is 0 Å². The molecule has 1 unspecified atom stereocenters. The van der Waals surface area contributed by atoms with Gasteiger partial charge in [0.2, 0.25) is 0 Å². The van der Waals surface area contributed by atoms with Gasteiger partial charge in [-0.1, -0.05) is 56.4 Å². The maximum Gasteiger partial charge on any atom is 0.494 e. The van der Waals surface area contributed by atoms with E-state index >= 15 is 0 Å². The van der Waals surface area contributed by atoms with Gasteiger partial charge in [-0.2, -0.15) is 0 Å². The van der Waals surface area contributed by atoms with E-state index in [0.717, 1.165) is 18.4 Å². The van der Waals surface area contributed by atoms with Gasteiger partial charge in [-0.25, -0.2) is 0 Å². The van der Waals surface area contributed by atoms with E-state index in [4.69, 9.17) is 9.31 Å². The largest absolute Gasteiger partial charge is 0.494 e. The third-order valence-electron chi connectivity index (χ3n) is 6.03. The minimum Gasteiger partial charge on any atom is -0.399 e. The highest BCUT2D eigenvalue weighted by Gasteiger charge is 2.51. The zero-order chi connectivity index (χ0) is 21.7. The van der Waals surface area contributed by atoms with Crippen LogP contribution < -0.4 is 5.46 Å². The van der Waals surface area contributed by atoms with Crippen LogP contribution in [-0.4, -0.2) is 29.8 Å². The Bertz CT molecular complexity index is 744. The molecule has 158 valence electrons. The van der Waals surface area contributed by atoms with Gasteiger partial charge in [0, 0.05) is 6.54 Å². The van der Waals surface area contributed by atoms with Crippen molar-refractivity contribution in [2.75, 3.05) is 6.54 Å². The molecule has 1 fully saturated rings. The Morgan fingerprint density at radius 2 is 1.62 bits per heavy atom. The topological polar surface area (TPSA) is 21.7 Å². The summed E-state index contributed by atoms with van der Waals surface area (Å²) in [4.78, 5) is 2.40. The van der Waals surface area contributed by atoms with Gasteiger partial charge in [0.05, 0.1) is 17.2 Å². The summed E-state index contributed by atoms with van der Waals surface area (Å²) in [5.74, 6) is 0. The van der Waals surface area contributed by atoms with Gasteiger partial charge in [-0.15, -0.1) is 0 Å². The molecule has 4 rings (SSSR count). The van der Waals surface area contributed by atoms with Gasteiger partial charge in [0.15, 0.2) is 0 Å². The van der Waals surface area contributed by atoms with E-state index in [1.165, 1.54) is 11.1 Å². The van der Waals surface area contributed by atoms with Crippen LogP contribution in [0.3, 0.4) is 0 Å². The third kappa shape index (κ3) is 5.05. The molecule has 0 spiro atoms. The van der Waals surface area contributed by atoms with Crippen LogP contribution in [0.15, 0.2) is 54.8 Å². The normalized spacial score (nSPS) is 23.0. The van der Waals surface area contributed by atoms with Crippen molar-refractivity contribution >= 4 is 12.6 Å². The Kier molecular flexibility index (Phi) is 7.96. The fourth-order valence-electron chi connectivity index (χ4n) is 3.52. The summed E-state index contributed by atoms with van der Waals surface area (Å²) in [5.41, 5.74) is 3.34. The molecule has 1 aromatic rings. The molecule has 1 saturated heterocycles. The van der Waals surface area contributed by atoms with E-state index in [0.29, 0.717) is 6.04 Å². The Morgan fingerprint density at radius 1 is 1.00 bits per heavy atom. The van der Waals surface area contributed by atoms with Crippen molar-refractivity contribution in [3.63, 3.8) is 0 Å². The minimum absolute atomic E-state index is 0.288. The molecular formula is C25H38BNO2. The fourth-order valence-corrected chi connectivity index (χ4v) is 3.52. The predicted molar refractivity (Wildman–Crippen MR) is 125 cm³/mol. The standard InChI is InChI=1S/C19H24BNO2.C4H8.C2H6/c1-18(2)19(3,4)23-20(22-18)15-9-8-14-10-12-21-11-6-5-7-17(21)16(14)13-15;1-3-4-2;1-2/h5-9,11,13,17H,10,12H2,1-4H3;3-4H,1-2H3;1-2H3/b;4-3-;. The quantitative estimate of drug-likeness (QED) is 0.458. The molecule has 4 heteroatoms. The first-order valence-electron chi connectivity index (χ1n) is 11.0. The molecule has 0 bridgehead atoms. The van der Waals surface area contributed by atoms with Crippen molar-refractivity contribution < 1.29 is 9.31 Å². The molecule has 3 aliphatic heterocycles. The highest BCUT2D eigenvalue weighted by atomic mass is 16.7. The maximum atomic E-state index is 6.21. The lowest BCUT2D eigenvalue weighted by Crippen LogP contribution is -2.41. The fraction of sp³-hybridized carbons (Fsp3) is 0.520. The number of hydrogen-bond acceptors (Lipinski definition) is 3. The molecule has 0 radical (unpaired) electrons. The molecule has 0 aromatic heterocycles. The molecule has 1 aromatic carbocycles. The van der Waals surface area contributed by atoms with E-state index in [1.54, 1.807) is 0 Å². The Hall–Kier alpha value is -1.78. The second kappa shape index (κ2) is 9.82. The molecule has 3 nitrogen and oxygen atoms in total. The summed E-state index contributed by atoms with van der Waals surface area (Å²) >= 11 is 0. The number of nitrogens with zero attached hydrogens (tertiary/aromatic N) is 1. The maximum absolute atomic E-state index is 6.21. The lowest BCUT2D eigenvalue weighted by atomic mass is 9.76. The molecule has 3 aliphatic rings. The SMILES string of the molecule is C/C=C\C.CC.CC1(C)OB(c2ccc3c(c2)C2C=CC=CN2CC3)OC1(C)C. The first-order chi connectivity index (χ1) is 13.8. The van der Waals surface area contributed by atoms with E-state index in [2.05, 4.69) is 75.2 Å². The number of benzene rings is 1. The van der Waals surface area contributed by atoms with Crippen LogP contribution in [0.25, 0.3) is 0 Å². The average Bonchev–Trinajstić information content (AvgIpc) is 2.96. The molecule has 0 amide bonds. The molecule has 0 saturated carbocycles. The van der Waals surface area contributed by atoms with Crippen molar-refractivity contribution in [3.8, 4) is 0 Å². The molecule has 1 atom stereocenters. The highest BCUT2D eigenvalue weighted by molar-refractivity contribution is 6.62. The summed E-state index contributed by atoms with van der Waals surface area (Å²) in [7, 11) is -0.288. The molecule has 29 heavy (non-hydrogen) atoms. The van der Waals surface area contributed by atoms with Crippen LogP contribution in [0.4, 0.5) is 0 Å². The van der Waals surface area contributed by atoms with Gasteiger partial charge < -0.3 is 14.2 Å². The minimum atomic E-state index is -0.299. The van der Waals surface area contributed by atoms with Crippen LogP contribution in [0.1, 0.15) is 72.6 Å². The molecule has 0 aliphatic carbocycles. The van der Waals surface area contributed by atoms with Gasteiger partial charge >= 0.3 is 7.12 Å². The van der Waals surface area contributed by atoms with Crippen molar-refractivity contribution in [1.82, 2.24) is 4.90 Å². The Balaban J connectivity index is 0.000000449. The highest BCUT2D eigenvalue weighted by Crippen LogP contribution is 2.37. The summed E-state index contributed by atoms with van der Waals surface area (Å²) in [6, 6.07) is 7.03. The van der Waals surface area contributed by atoms with E-state index in [1.807, 2.05) is 39.8 Å². The van der Waals surface area contributed by atoms with Crippen molar-refractivity contribution in [2.24, 2.45) is 0 Å². The number of rotatable bonds is 1. The second-order valence-electron chi connectivity index (χ2n) is 8.37. The first kappa shape index (κ1) is 23.5. The van der Waals surface area contributed by atoms with E-state index < -0.39 is 0 Å². The monoisotopic (exact) mass is 395 g/mol. The smallest absolute Gasteiger partial charge is 0.399 e. The summed E-state index contributed by atoms with van der Waals surface area (Å²) in [6.07, 6.45) is 13.8. The number of hydrogen-bond donors (Lipinski definition) is 0. The third-order valence-corrected chi connectivity index (χ3v) is 6.03. The molecule has 3 heterocycles. The lowest BCUT2D eigenvalue weighted by Gasteiger charge is -2.36. The van der Waals surface area contributed by atoms with E-state index in [9.17, 15) is 0 Å². The molecular weight excluding hydrogens is 357 g/mol. The van der Waals surface area contributed by atoms with Gasteiger partial charge in [0.1, 0.15) is 0 Å². The van der Waals surface area contributed by atoms with Crippen LogP contribution in [0.2, 0.25) is 0 Å². The summed E-state index contributed by atoms with van der Waals surface area (Å²) in [5, 5.41) is 0.